The number of anilines is 2. The number of carbonyl (C=O) groups excluding carboxylic acids is 1. The first-order valence-corrected chi connectivity index (χ1v) is 7.09. The number of nitrogens with zero attached hydrogens (tertiary/aromatic N) is 1. The van der Waals surface area contributed by atoms with Crippen LogP contribution in [0.4, 0.5) is 11.4 Å². The van der Waals surface area contributed by atoms with Crippen LogP contribution in [0.2, 0.25) is 5.02 Å². The average molecular weight is 318 g/mol. The molecule has 1 aromatic heterocycles. The molecular formula is C16H16ClN3O2. The van der Waals surface area contributed by atoms with Gasteiger partial charge < -0.3 is 15.8 Å². The Morgan fingerprint density at radius 3 is 2.91 bits per heavy atom. The highest BCUT2D eigenvalue weighted by molar-refractivity contribution is 6.31. The second kappa shape index (κ2) is 7.47. The van der Waals surface area contributed by atoms with Gasteiger partial charge in [0.25, 0.3) is 0 Å². The summed E-state index contributed by atoms with van der Waals surface area (Å²) in [5.41, 5.74) is 8.33. The molecule has 3 N–H and O–H groups in total. The maximum Gasteiger partial charge on any atom is 0.332 e. The maximum absolute atomic E-state index is 11.7. The quantitative estimate of drug-likeness (QED) is 0.502. The number of nitrogen functional groups attached to an aromatic ring is 1. The average Bonchev–Trinajstić information content (AvgIpc) is 2.50. The first-order valence-electron chi connectivity index (χ1n) is 6.71. The largest absolute Gasteiger partial charge is 0.463 e. The number of ether oxygens (including phenoxy) is 1. The first kappa shape index (κ1) is 15.9. The van der Waals surface area contributed by atoms with Crippen molar-refractivity contribution in [3.8, 4) is 0 Å². The maximum atomic E-state index is 11.7. The zero-order chi connectivity index (χ0) is 15.9. The van der Waals surface area contributed by atoms with Gasteiger partial charge in [0.15, 0.2) is 0 Å². The summed E-state index contributed by atoms with van der Waals surface area (Å²) in [6, 6.07) is 8.70. The third-order valence-corrected chi connectivity index (χ3v) is 3.04. The van der Waals surface area contributed by atoms with Gasteiger partial charge in [0.2, 0.25) is 0 Å². The van der Waals surface area contributed by atoms with Crippen molar-refractivity contribution < 1.29 is 9.53 Å². The minimum Gasteiger partial charge on any atom is -0.463 e. The zero-order valence-electron chi connectivity index (χ0n) is 12.0. The van der Waals surface area contributed by atoms with E-state index in [4.69, 9.17) is 22.1 Å². The highest BCUT2D eigenvalue weighted by Gasteiger charge is 2.08. The minimum atomic E-state index is -0.443. The normalized spacial score (nSPS) is 11.1. The van der Waals surface area contributed by atoms with Crippen LogP contribution < -0.4 is 11.1 Å². The van der Waals surface area contributed by atoms with E-state index in [9.17, 15) is 4.79 Å². The Balaban J connectivity index is 2.34. The second-order valence-corrected chi connectivity index (χ2v) is 4.84. The van der Waals surface area contributed by atoms with Gasteiger partial charge in [0.05, 0.1) is 23.7 Å². The standard InChI is InChI=1S/C16H16ClN3O2/c1-2-22-16(21)9-15(11-4-3-7-19-10-11)20-14-6-5-12(17)8-13(14)18/h3-10,20H,2,18H2,1H3/b15-9+. The molecule has 6 heteroatoms. The lowest BCUT2D eigenvalue weighted by Gasteiger charge is -2.13. The van der Waals surface area contributed by atoms with Crippen molar-refractivity contribution >= 4 is 34.6 Å². The number of esters is 1. The predicted molar refractivity (Wildman–Crippen MR) is 88.3 cm³/mol. The second-order valence-electron chi connectivity index (χ2n) is 4.41. The molecule has 0 bridgehead atoms. The van der Waals surface area contributed by atoms with E-state index in [0.717, 1.165) is 5.56 Å². The van der Waals surface area contributed by atoms with Gasteiger partial charge in [0, 0.05) is 29.1 Å². The smallest absolute Gasteiger partial charge is 0.332 e. The molecule has 114 valence electrons. The monoisotopic (exact) mass is 317 g/mol. The molecule has 2 rings (SSSR count). The molecule has 2 aromatic rings. The number of rotatable bonds is 5. The summed E-state index contributed by atoms with van der Waals surface area (Å²) in [4.78, 5) is 15.8. The summed E-state index contributed by atoms with van der Waals surface area (Å²) in [5, 5.41) is 3.66. The Kier molecular flexibility index (Phi) is 5.38. The Morgan fingerprint density at radius 1 is 1.45 bits per heavy atom. The van der Waals surface area contributed by atoms with Gasteiger partial charge in [0.1, 0.15) is 0 Å². The number of aromatic nitrogens is 1. The van der Waals surface area contributed by atoms with Gasteiger partial charge in [-0.1, -0.05) is 11.6 Å². The van der Waals surface area contributed by atoms with Gasteiger partial charge in [-0.3, -0.25) is 4.98 Å². The van der Waals surface area contributed by atoms with E-state index >= 15 is 0 Å². The van der Waals surface area contributed by atoms with Crippen molar-refractivity contribution in [1.29, 1.82) is 0 Å². The van der Waals surface area contributed by atoms with Gasteiger partial charge in [-0.15, -0.1) is 0 Å². The molecule has 0 aliphatic heterocycles. The summed E-state index contributed by atoms with van der Waals surface area (Å²) in [5.74, 6) is -0.443. The number of hydrogen-bond acceptors (Lipinski definition) is 5. The summed E-state index contributed by atoms with van der Waals surface area (Å²) in [6.07, 6.45) is 4.67. The van der Waals surface area contributed by atoms with Crippen LogP contribution in [0.25, 0.3) is 5.70 Å². The molecule has 0 saturated carbocycles. The molecule has 0 amide bonds. The fourth-order valence-corrected chi connectivity index (χ4v) is 1.99. The Labute approximate surface area is 133 Å². The lowest BCUT2D eigenvalue weighted by Crippen LogP contribution is -2.07. The summed E-state index contributed by atoms with van der Waals surface area (Å²) >= 11 is 5.89. The molecule has 1 aromatic carbocycles. The van der Waals surface area contributed by atoms with Crippen molar-refractivity contribution in [2.24, 2.45) is 0 Å². The third-order valence-electron chi connectivity index (χ3n) is 2.80. The van der Waals surface area contributed by atoms with E-state index in [-0.39, 0.29) is 0 Å². The number of pyridine rings is 1. The van der Waals surface area contributed by atoms with Crippen molar-refractivity contribution in [2.75, 3.05) is 17.7 Å². The van der Waals surface area contributed by atoms with E-state index in [1.54, 1.807) is 43.6 Å². The van der Waals surface area contributed by atoms with E-state index in [0.29, 0.717) is 28.7 Å². The Bertz CT molecular complexity index is 687. The van der Waals surface area contributed by atoms with E-state index in [2.05, 4.69) is 10.3 Å². The zero-order valence-corrected chi connectivity index (χ0v) is 12.8. The summed E-state index contributed by atoms with van der Waals surface area (Å²) in [7, 11) is 0. The fraction of sp³-hybridized carbons (Fsp3) is 0.125. The highest BCUT2D eigenvalue weighted by Crippen LogP contribution is 2.26. The fourth-order valence-electron chi connectivity index (χ4n) is 1.81. The van der Waals surface area contributed by atoms with Crippen LogP contribution in [0, 0.1) is 0 Å². The molecule has 0 fully saturated rings. The molecule has 5 nitrogen and oxygen atoms in total. The molecule has 1 heterocycles. The lowest BCUT2D eigenvalue weighted by atomic mass is 10.1. The van der Waals surface area contributed by atoms with Gasteiger partial charge in [-0.05, 0) is 37.3 Å². The number of benzene rings is 1. The van der Waals surface area contributed by atoms with E-state index < -0.39 is 5.97 Å². The Hall–Kier alpha value is -2.53. The van der Waals surface area contributed by atoms with Crippen LogP contribution in [0.1, 0.15) is 12.5 Å². The first-order chi connectivity index (χ1) is 10.6. The van der Waals surface area contributed by atoms with Gasteiger partial charge >= 0.3 is 5.97 Å². The van der Waals surface area contributed by atoms with Crippen LogP contribution in [0.5, 0.6) is 0 Å². The molecule has 22 heavy (non-hydrogen) atoms. The van der Waals surface area contributed by atoms with Crippen molar-refractivity contribution in [3.63, 3.8) is 0 Å². The molecule has 0 aliphatic rings. The van der Waals surface area contributed by atoms with Crippen LogP contribution in [0.3, 0.4) is 0 Å². The van der Waals surface area contributed by atoms with Crippen molar-refractivity contribution in [3.05, 3.63) is 59.4 Å². The van der Waals surface area contributed by atoms with Crippen molar-refractivity contribution in [1.82, 2.24) is 4.98 Å². The summed E-state index contributed by atoms with van der Waals surface area (Å²) in [6.45, 7) is 2.05. The Morgan fingerprint density at radius 2 is 2.27 bits per heavy atom. The van der Waals surface area contributed by atoms with Crippen LogP contribution in [-0.4, -0.2) is 17.6 Å². The summed E-state index contributed by atoms with van der Waals surface area (Å²) < 4.78 is 4.95. The molecule has 0 saturated heterocycles. The molecule has 0 unspecified atom stereocenters. The molecular weight excluding hydrogens is 302 g/mol. The predicted octanol–water partition coefficient (Wildman–Crippen LogP) is 3.33. The third kappa shape index (κ3) is 4.23. The van der Waals surface area contributed by atoms with Crippen LogP contribution in [0.15, 0.2) is 48.8 Å². The number of halogens is 1. The molecule has 0 aliphatic carbocycles. The van der Waals surface area contributed by atoms with E-state index in [1.165, 1.54) is 6.08 Å². The topological polar surface area (TPSA) is 77.2 Å². The SMILES string of the molecule is CCOC(=O)/C=C(/Nc1ccc(Cl)cc1N)c1cccnc1. The molecule has 0 atom stereocenters. The van der Waals surface area contributed by atoms with Gasteiger partial charge in [-0.25, -0.2) is 4.79 Å². The number of nitrogens with two attached hydrogens (primary N) is 1. The van der Waals surface area contributed by atoms with Crippen LogP contribution in [-0.2, 0) is 9.53 Å². The number of nitrogens with one attached hydrogen (secondary N) is 1. The number of carbonyl (C=O) groups is 1. The number of hydrogen-bond donors (Lipinski definition) is 2. The highest BCUT2D eigenvalue weighted by atomic mass is 35.5. The van der Waals surface area contributed by atoms with E-state index in [1.807, 2.05) is 6.07 Å². The molecule has 0 radical (unpaired) electrons. The van der Waals surface area contributed by atoms with Crippen LogP contribution >= 0.6 is 11.6 Å². The minimum absolute atomic E-state index is 0.304. The lowest BCUT2D eigenvalue weighted by molar-refractivity contribution is -0.137. The van der Waals surface area contributed by atoms with Gasteiger partial charge in [-0.2, -0.15) is 0 Å². The molecule has 0 spiro atoms. The van der Waals surface area contributed by atoms with Crippen molar-refractivity contribution in [2.45, 2.75) is 6.92 Å².